The smallest absolute Gasteiger partial charge is 0.270 e. The fourth-order valence-corrected chi connectivity index (χ4v) is 5.33. The molecule has 1 aromatic carbocycles. The van der Waals surface area contributed by atoms with Crippen LogP contribution in [0, 0.1) is 16.0 Å². The third kappa shape index (κ3) is 5.77. The number of nitrogens with one attached hydrogen (secondary N) is 3. The van der Waals surface area contributed by atoms with Gasteiger partial charge in [0, 0.05) is 31.3 Å². The second-order valence-electron chi connectivity index (χ2n) is 7.12. The Kier molecular flexibility index (Phi) is 8.17. The van der Waals surface area contributed by atoms with Crippen LogP contribution in [0.4, 0.5) is 11.4 Å². The summed E-state index contributed by atoms with van der Waals surface area (Å²) in [5, 5.41) is 14.8. The van der Waals surface area contributed by atoms with Gasteiger partial charge in [-0.1, -0.05) is 33.6 Å². The van der Waals surface area contributed by atoms with Gasteiger partial charge in [0.2, 0.25) is 10.0 Å². The van der Waals surface area contributed by atoms with Gasteiger partial charge < -0.3 is 5.32 Å². The Morgan fingerprint density at radius 3 is 2.52 bits per heavy atom. The molecular weight excluding hydrogens is 414 g/mol. The van der Waals surface area contributed by atoms with E-state index in [1.54, 1.807) is 13.8 Å². The highest BCUT2D eigenvalue weighted by Gasteiger charge is 2.27. The maximum atomic E-state index is 13.0. The van der Waals surface area contributed by atoms with Crippen LogP contribution in [0.3, 0.4) is 0 Å². The summed E-state index contributed by atoms with van der Waals surface area (Å²) in [5.41, 5.74) is 5.54. The zero-order chi connectivity index (χ0) is 21.6. The van der Waals surface area contributed by atoms with Crippen LogP contribution in [0.1, 0.15) is 46.5 Å². The summed E-state index contributed by atoms with van der Waals surface area (Å²) in [7, 11) is -3.91. The zero-order valence-corrected chi connectivity index (χ0v) is 18.6. The van der Waals surface area contributed by atoms with Crippen molar-refractivity contribution in [2.75, 3.05) is 18.5 Å². The molecule has 162 valence electrons. The molecule has 0 aromatic heterocycles. The molecule has 9 nitrogen and oxygen atoms in total. The zero-order valence-electron chi connectivity index (χ0n) is 17.0. The van der Waals surface area contributed by atoms with E-state index >= 15 is 0 Å². The van der Waals surface area contributed by atoms with E-state index in [4.69, 9.17) is 12.2 Å². The molecule has 0 spiro atoms. The highest BCUT2D eigenvalue weighted by atomic mass is 32.2. The molecule has 1 aromatic rings. The topological polar surface area (TPSA) is 117 Å². The normalized spacial score (nSPS) is 19.6. The lowest BCUT2D eigenvalue weighted by Gasteiger charge is -2.30. The van der Waals surface area contributed by atoms with Crippen molar-refractivity contribution in [3.05, 3.63) is 28.3 Å². The van der Waals surface area contributed by atoms with Gasteiger partial charge in [-0.15, -0.1) is 0 Å². The van der Waals surface area contributed by atoms with E-state index < -0.39 is 14.9 Å². The van der Waals surface area contributed by atoms with E-state index in [1.807, 2.05) is 0 Å². The summed E-state index contributed by atoms with van der Waals surface area (Å²) in [5.74, 6) is 0.501. The van der Waals surface area contributed by atoms with Crippen molar-refractivity contribution in [2.45, 2.75) is 57.4 Å². The number of anilines is 1. The molecule has 1 fully saturated rings. The molecule has 2 unspecified atom stereocenters. The maximum Gasteiger partial charge on any atom is 0.270 e. The Bertz CT molecular complexity index is 843. The molecule has 1 aliphatic rings. The van der Waals surface area contributed by atoms with Crippen molar-refractivity contribution in [1.82, 2.24) is 15.0 Å². The molecule has 11 heteroatoms. The highest BCUT2D eigenvalue weighted by molar-refractivity contribution is 7.89. The molecule has 29 heavy (non-hydrogen) atoms. The van der Waals surface area contributed by atoms with Crippen LogP contribution >= 0.6 is 12.2 Å². The standard InChI is InChI=1S/C18H29N5O4S2/c1-4-22(5-2)29(26,27)17-12-14(23(24)25)10-11-16(17)20-21-18(28)19-15-9-7-6-8-13(15)3/h10-13,15,20H,4-9H2,1-3H3,(H2,19,21,28). The number of hydrazine groups is 1. The van der Waals surface area contributed by atoms with Crippen molar-refractivity contribution in [1.29, 1.82) is 0 Å². The molecule has 0 aliphatic heterocycles. The van der Waals surface area contributed by atoms with Crippen LogP contribution in [0.2, 0.25) is 0 Å². The predicted molar refractivity (Wildman–Crippen MR) is 117 cm³/mol. The number of nitrogens with zero attached hydrogens (tertiary/aromatic N) is 2. The van der Waals surface area contributed by atoms with Crippen LogP contribution in [-0.2, 0) is 10.0 Å². The molecular formula is C18H29N5O4S2. The van der Waals surface area contributed by atoms with Gasteiger partial charge in [0.15, 0.2) is 5.11 Å². The number of benzene rings is 1. The number of hydrogen-bond acceptors (Lipinski definition) is 6. The fraction of sp³-hybridized carbons (Fsp3) is 0.611. The first kappa shape index (κ1) is 23.3. The highest BCUT2D eigenvalue weighted by Crippen LogP contribution is 2.29. The summed E-state index contributed by atoms with van der Waals surface area (Å²) in [6.07, 6.45) is 4.53. The average molecular weight is 444 g/mol. The average Bonchev–Trinajstić information content (AvgIpc) is 2.68. The van der Waals surface area contributed by atoms with Gasteiger partial charge in [-0.2, -0.15) is 4.31 Å². The fourth-order valence-electron chi connectivity index (χ4n) is 3.50. The largest absolute Gasteiger partial charge is 0.358 e. The van der Waals surface area contributed by atoms with E-state index in [-0.39, 0.29) is 35.4 Å². The van der Waals surface area contributed by atoms with E-state index in [2.05, 4.69) is 23.1 Å². The second kappa shape index (κ2) is 10.2. The summed E-state index contributed by atoms with van der Waals surface area (Å²) < 4.78 is 27.2. The summed E-state index contributed by atoms with van der Waals surface area (Å²) in [6.45, 7) is 6.13. The number of hydrogen-bond donors (Lipinski definition) is 3. The van der Waals surface area contributed by atoms with E-state index in [0.29, 0.717) is 11.0 Å². The van der Waals surface area contributed by atoms with Crippen molar-refractivity contribution >= 4 is 38.7 Å². The number of rotatable bonds is 8. The molecule has 0 bridgehead atoms. The van der Waals surface area contributed by atoms with Crippen LogP contribution in [0.5, 0.6) is 0 Å². The van der Waals surface area contributed by atoms with E-state index in [0.717, 1.165) is 25.3 Å². The number of non-ortho nitro benzene ring substituents is 1. The summed E-state index contributed by atoms with van der Waals surface area (Å²) in [4.78, 5) is 10.4. The molecule has 3 N–H and O–H groups in total. The molecule has 0 heterocycles. The molecule has 0 amide bonds. The second-order valence-corrected chi connectivity index (χ2v) is 9.43. The first-order valence-electron chi connectivity index (χ1n) is 9.81. The first-order valence-corrected chi connectivity index (χ1v) is 11.7. The van der Waals surface area contributed by atoms with Gasteiger partial charge in [-0.25, -0.2) is 8.42 Å². The predicted octanol–water partition coefficient (Wildman–Crippen LogP) is 3.00. The first-order chi connectivity index (χ1) is 13.7. The van der Waals surface area contributed by atoms with Crippen molar-refractivity contribution < 1.29 is 13.3 Å². The number of thiocarbonyl (C=S) groups is 1. The van der Waals surface area contributed by atoms with Crippen LogP contribution in [-0.4, -0.2) is 41.9 Å². The van der Waals surface area contributed by atoms with Gasteiger partial charge in [0.1, 0.15) is 4.90 Å². The minimum atomic E-state index is -3.91. The van der Waals surface area contributed by atoms with Gasteiger partial charge in [-0.3, -0.25) is 21.0 Å². The van der Waals surface area contributed by atoms with Gasteiger partial charge in [0.25, 0.3) is 5.69 Å². The van der Waals surface area contributed by atoms with Gasteiger partial charge in [-0.05, 0) is 37.0 Å². The van der Waals surface area contributed by atoms with Gasteiger partial charge >= 0.3 is 0 Å². The summed E-state index contributed by atoms with van der Waals surface area (Å²) in [6, 6.07) is 3.96. The number of sulfonamides is 1. The quantitative estimate of drug-likeness (QED) is 0.319. The van der Waals surface area contributed by atoms with E-state index in [1.165, 1.54) is 22.9 Å². The van der Waals surface area contributed by atoms with Crippen LogP contribution < -0.4 is 16.2 Å². The Balaban J connectivity index is 2.21. The minimum absolute atomic E-state index is 0.170. The van der Waals surface area contributed by atoms with E-state index in [9.17, 15) is 18.5 Å². The molecule has 0 radical (unpaired) electrons. The maximum absolute atomic E-state index is 13.0. The number of nitro benzene ring substituents is 1. The van der Waals surface area contributed by atoms with Crippen molar-refractivity contribution in [3.63, 3.8) is 0 Å². The Morgan fingerprint density at radius 2 is 1.93 bits per heavy atom. The minimum Gasteiger partial charge on any atom is -0.358 e. The Hall–Kier alpha value is -1.98. The SMILES string of the molecule is CCN(CC)S(=O)(=O)c1cc([N+](=O)[O-])ccc1NNC(=S)NC1CCCCC1C. The molecule has 2 rings (SSSR count). The monoisotopic (exact) mass is 443 g/mol. The van der Waals surface area contributed by atoms with Crippen molar-refractivity contribution in [2.24, 2.45) is 5.92 Å². The lowest BCUT2D eigenvalue weighted by atomic mass is 9.86. The van der Waals surface area contributed by atoms with Crippen molar-refractivity contribution in [3.8, 4) is 0 Å². The summed E-state index contributed by atoms with van der Waals surface area (Å²) >= 11 is 5.34. The molecule has 1 aliphatic carbocycles. The Labute approximate surface area is 177 Å². The Morgan fingerprint density at radius 1 is 1.28 bits per heavy atom. The molecule has 2 atom stereocenters. The molecule has 0 saturated heterocycles. The van der Waals surface area contributed by atoms with Crippen LogP contribution in [0.15, 0.2) is 23.1 Å². The van der Waals surface area contributed by atoms with Gasteiger partial charge in [0.05, 0.1) is 10.6 Å². The van der Waals surface area contributed by atoms with Crippen LogP contribution in [0.25, 0.3) is 0 Å². The third-order valence-corrected chi connectivity index (χ3v) is 7.55. The molecule has 1 saturated carbocycles. The lowest BCUT2D eigenvalue weighted by Crippen LogP contribution is -2.47. The number of nitro groups is 1. The lowest BCUT2D eigenvalue weighted by molar-refractivity contribution is -0.385. The third-order valence-electron chi connectivity index (χ3n) is 5.24.